The summed E-state index contributed by atoms with van der Waals surface area (Å²) in [6.07, 6.45) is 2.89. The van der Waals surface area contributed by atoms with Gasteiger partial charge in [0.25, 0.3) is 5.91 Å². The van der Waals surface area contributed by atoms with Gasteiger partial charge in [0.05, 0.1) is 5.56 Å². The van der Waals surface area contributed by atoms with Crippen LogP contribution < -0.4 is 0 Å². The minimum atomic E-state index is -2.37. The molecule has 0 spiro atoms. The molecule has 1 rings (SSSR count). The third kappa shape index (κ3) is 3.38. The first-order valence-corrected chi connectivity index (χ1v) is 7.27. The van der Waals surface area contributed by atoms with E-state index in [1.165, 1.54) is 12.5 Å². The van der Waals surface area contributed by atoms with Gasteiger partial charge in [-0.2, -0.15) is 4.36 Å². The highest BCUT2D eigenvalue weighted by atomic mass is 127. The second-order valence-electron chi connectivity index (χ2n) is 3.06. The van der Waals surface area contributed by atoms with E-state index in [-0.39, 0.29) is 0 Å². The van der Waals surface area contributed by atoms with Gasteiger partial charge in [0.1, 0.15) is 0 Å². The second kappa shape index (κ2) is 4.39. The van der Waals surface area contributed by atoms with Crippen molar-refractivity contribution in [1.82, 2.24) is 0 Å². The smallest absolute Gasteiger partial charge is 0.266 e. The number of rotatable bonds is 1. The van der Waals surface area contributed by atoms with Gasteiger partial charge < -0.3 is 0 Å². The quantitative estimate of drug-likeness (QED) is 0.744. The standard InChI is InChI=1S/C9H10INO2S/c1-14(2,13)11-9(12)7-5-3-4-6-8(7)10/h3-6H,1-2H3. The van der Waals surface area contributed by atoms with Crippen molar-refractivity contribution in [1.29, 1.82) is 0 Å². The van der Waals surface area contributed by atoms with Crippen molar-refractivity contribution in [2.75, 3.05) is 12.5 Å². The van der Waals surface area contributed by atoms with E-state index < -0.39 is 15.6 Å². The molecule has 0 fully saturated rings. The predicted octanol–water partition coefficient (Wildman–Crippen LogP) is 2.16. The fourth-order valence-corrected chi connectivity index (χ4v) is 2.00. The third-order valence-electron chi connectivity index (χ3n) is 1.41. The monoisotopic (exact) mass is 323 g/mol. The van der Waals surface area contributed by atoms with Crippen LogP contribution in [-0.2, 0) is 9.73 Å². The average Bonchev–Trinajstić information content (AvgIpc) is 2.01. The topological polar surface area (TPSA) is 46.5 Å². The molecule has 1 amide bonds. The largest absolute Gasteiger partial charge is 0.286 e. The van der Waals surface area contributed by atoms with E-state index in [2.05, 4.69) is 27.0 Å². The fraction of sp³-hybridized carbons (Fsp3) is 0.222. The van der Waals surface area contributed by atoms with E-state index in [9.17, 15) is 9.00 Å². The Balaban J connectivity index is 3.16. The van der Waals surface area contributed by atoms with Crippen molar-refractivity contribution in [2.45, 2.75) is 0 Å². The maximum atomic E-state index is 11.5. The Kier molecular flexibility index (Phi) is 3.65. The number of carbonyl (C=O) groups excluding carboxylic acids is 1. The van der Waals surface area contributed by atoms with Gasteiger partial charge in [-0.3, -0.25) is 4.79 Å². The van der Waals surface area contributed by atoms with E-state index in [0.29, 0.717) is 5.56 Å². The highest BCUT2D eigenvalue weighted by Crippen LogP contribution is 2.12. The van der Waals surface area contributed by atoms with Crippen LogP contribution in [0.4, 0.5) is 0 Å². The van der Waals surface area contributed by atoms with E-state index in [1.807, 2.05) is 12.1 Å². The van der Waals surface area contributed by atoms with E-state index in [4.69, 9.17) is 0 Å². The predicted molar refractivity (Wildman–Crippen MR) is 65.9 cm³/mol. The molecule has 76 valence electrons. The summed E-state index contributed by atoms with van der Waals surface area (Å²) in [7, 11) is -2.37. The van der Waals surface area contributed by atoms with Crippen molar-refractivity contribution in [2.24, 2.45) is 4.36 Å². The summed E-state index contributed by atoms with van der Waals surface area (Å²) in [5.74, 6) is -0.412. The number of carbonyl (C=O) groups is 1. The second-order valence-corrected chi connectivity index (χ2v) is 6.76. The molecule has 14 heavy (non-hydrogen) atoms. The molecule has 0 heterocycles. The van der Waals surface area contributed by atoms with Crippen LogP contribution in [0.15, 0.2) is 28.6 Å². The van der Waals surface area contributed by atoms with Crippen LogP contribution in [0.3, 0.4) is 0 Å². The molecular formula is C9H10INO2S. The molecule has 0 unspecified atom stereocenters. The molecule has 0 aliphatic carbocycles. The zero-order valence-electron chi connectivity index (χ0n) is 7.86. The molecular weight excluding hydrogens is 313 g/mol. The normalized spacial score (nSPS) is 11.1. The number of hydrogen-bond acceptors (Lipinski definition) is 2. The number of hydrogen-bond donors (Lipinski definition) is 0. The molecule has 3 nitrogen and oxygen atoms in total. The zero-order chi connectivity index (χ0) is 10.8. The number of benzene rings is 1. The first kappa shape index (κ1) is 11.6. The maximum Gasteiger partial charge on any atom is 0.286 e. The van der Waals surface area contributed by atoms with Crippen LogP contribution in [0, 0.1) is 3.57 Å². The average molecular weight is 323 g/mol. The number of amides is 1. The van der Waals surface area contributed by atoms with Gasteiger partial charge in [-0.15, -0.1) is 0 Å². The summed E-state index contributed by atoms with van der Waals surface area (Å²) in [5.41, 5.74) is 0.504. The van der Waals surface area contributed by atoms with Gasteiger partial charge in [-0.05, 0) is 34.7 Å². The molecule has 5 heteroatoms. The molecule has 0 bridgehead atoms. The van der Waals surface area contributed by atoms with Crippen LogP contribution in [0.1, 0.15) is 10.4 Å². The first-order valence-electron chi connectivity index (χ1n) is 3.86. The van der Waals surface area contributed by atoms with Gasteiger partial charge in [0.15, 0.2) is 0 Å². The lowest BCUT2D eigenvalue weighted by molar-refractivity contribution is 0.100. The van der Waals surface area contributed by atoms with Crippen LogP contribution in [0.5, 0.6) is 0 Å². The Hall–Kier alpha value is -0.430. The van der Waals surface area contributed by atoms with Crippen LogP contribution in [0.2, 0.25) is 0 Å². The van der Waals surface area contributed by atoms with Gasteiger partial charge >= 0.3 is 0 Å². The van der Waals surface area contributed by atoms with Gasteiger partial charge in [0.2, 0.25) is 0 Å². The van der Waals surface area contributed by atoms with Crippen molar-refractivity contribution >= 4 is 38.2 Å². The Morgan fingerprint density at radius 3 is 2.43 bits per heavy atom. The minimum absolute atomic E-state index is 0.412. The maximum absolute atomic E-state index is 11.5. The Labute approximate surface area is 97.2 Å². The lowest BCUT2D eigenvalue weighted by Gasteiger charge is -1.99. The fourth-order valence-electron chi connectivity index (χ4n) is 0.883. The van der Waals surface area contributed by atoms with Crippen molar-refractivity contribution in [3.8, 4) is 0 Å². The number of halogens is 1. The molecule has 0 aromatic heterocycles. The molecule has 0 saturated heterocycles. The van der Waals surface area contributed by atoms with Crippen molar-refractivity contribution in [3.05, 3.63) is 33.4 Å². The zero-order valence-corrected chi connectivity index (χ0v) is 10.8. The highest BCUT2D eigenvalue weighted by Gasteiger charge is 2.08. The van der Waals surface area contributed by atoms with Gasteiger partial charge in [-0.1, -0.05) is 12.1 Å². The molecule has 0 atom stereocenters. The SMILES string of the molecule is CS(C)(=O)=NC(=O)c1ccccc1I. The van der Waals surface area contributed by atoms with E-state index in [1.54, 1.807) is 12.1 Å². The molecule has 0 aliphatic heterocycles. The van der Waals surface area contributed by atoms with Crippen LogP contribution >= 0.6 is 22.6 Å². The van der Waals surface area contributed by atoms with Crippen molar-refractivity contribution < 1.29 is 9.00 Å². The Morgan fingerprint density at radius 2 is 1.93 bits per heavy atom. The van der Waals surface area contributed by atoms with Crippen molar-refractivity contribution in [3.63, 3.8) is 0 Å². The highest BCUT2D eigenvalue weighted by molar-refractivity contribution is 14.1. The lowest BCUT2D eigenvalue weighted by Crippen LogP contribution is -2.02. The molecule has 0 saturated carbocycles. The molecule has 0 aliphatic rings. The van der Waals surface area contributed by atoms with Crippen LogP contribution in [0.25, 0.3) is 0 Å². The lowest BCUT2D eigenvalue weighted by atomic mass is 10.2. The first-order chi connectivity index (χ1) is 6.40. The summed E-state index contributed by atoms with van der Waals surface area (Å²) in [6.45, 7) is 0. The summed E-state index contributed by atoms with van der Waals surface area (Å²) in [5, 5.41) is 0. The van der Waals surface area contributed by atoms with E-state index >= 15 is 0 Å². The molecule has 1 aromatic carbocycles. The van der Waals surface area contributed by atoms with Gasteiger partial charge in [0, 0.05) is 25.8 Å². The molecule has 0 radical (unpaired) electrons. The third-order valence-corrected chi connectivity index (χ3v) is 2.95. The number of nitrogens with zero attached hydrogens (tertiary/aromatic N) is 1. The molecule has 0 N–H and O–H groups in total. The van der Waals surface area contributed by atoms with Gasteiger partial charge in [-0.25, -0.2) is 4.21 Å². The van der Waals surface area contributed by atoms with E-state index in [0.717, 1.165) is 3.57 Å². The summed E-state index contributed by atoms with van der Waals surface area (Å²) in [4.78, 5) is 11.5. The van der Waals surface area contributed by atoms with Crippen LogP contribution in [-0.4, -0.2) is 22.6 Å². The summed E-state index contributed by atoms with van der Waals surface area (Å²) >= 11 is 2.05. The Bertz CT molecular complexity index is 467. The molecule has 1 aromatic rings. The minimum Gasteiger partial charge on any atom is -0.266 e. The summed E-state index contributed by atoms with van der Waals surface area (Å²) in [6, 6.07) is 7.10. The Morgan fingerprint density at radius 1 is 1.36 bits per heavy atom. The summed E-state index contributed by atoms with van der Waals surface area (Å²) < 4.78 is 15.7.